The highest BCUT2D eigenvalue weighted by molar-refractivity contribution is 5.95. The van der Waals surface area contributed by atoms with Gasteiger partial charge < -0.3 is 0 Å². The van der Waals surface area contributed by atoms with Crippen LogP contribution in [0, 0.1) is 6.92 Å². The quantitative estimate of drug-likeness (QED) is 0.680. The molecule has 0 atom stereocenters. The van der Waals surface area contributed by atoms with Crippen LogP contribution in [0.25, 0.3) is 0 Å². The molecule has 6 heteroatoms. The summed E-state index contributed by atoms with van der Waals surface area (Å²) in [6.07, 6.45) is -3.06. The van der Waals surface area contributed by atoms with Gasteiger partial charge in [0, 0.05) is 5.56 Å². The van der Waals surface area contributed by atoms with Crippen molar-refractivity contribution >= 4 is 12.1 Å². The van der Waals surface area contributed by atoms with Gasteiger partial charge in [0.1, 0.15) is 0 Å². The SMILES string of the molecule is Cc1ccc(/C=N\NC(=O)c2cccc(C(F)(F)F)c2)cc1. The minimum Gasteiger partial charge on any atom is -0.267 e. The number of carbonyl (C=O) groups is 1. The molecule has 0 saturated heterocycles. The highest BCUT2D eigenvalue weighted by atomic mass is 19.4. The van der Waals surface area contributed by atoms with E-state index in [1.807, 2.05) is 31.2 Å². The fourth-order valence-corrected chi connectivity index (χ4v) is 1.72. The number of nitrogens with zero attached hydrogens (tertiary/aromatic N) is 1. The van der Waals surface area contributed by atoms with E-state index in [1.54, 1.807) is 0 Å². The van der Waals surface area contributed by atoms with Crippen molar-refractivity contribution in [2.75, 3.05) is 0 Å². The number of alkyl halides is 3. The van der Waals surface area contributed by atoms with E-state index in [1.165, 1.54) is 18.3 Å². The molecule has 22 heavy (non-hydrogen) atoms. The molecule has 0 heterocycles. The van der Waals surface area contributed by atoms with Crippen molar-refractivity contribution in [3.05, 3.63) is 70.8 Å². The Bertz CT molecular complexity index is 691. The van der Waals surface area contributed by atoms with Crippen LogP contribution >= 0.6 is 0 Å². The van der Waals surface area contributed by atoms with Crippen molar-refractivity contribution in [1.82, 2.24) is 5.43 Å². The van der Waals surface area contributed by atoms with E-state index >= 15 is 0 Å². The summed E-state index contributed by atoms with van der Waals surface area (Å²) < 4.78 is 37.7. The molecule has 3 nitrogen and oxygen atoms in total. The van der Waals surface area contributed by atoms with Gasteiger partial charge in [0.25, 0.3) is 5.91 Å². The first-order valence-corrected chi connectivity index (χ1v) is 6.43. The Hall–Kier alpha value is -2.63. The highest BCUT2D eigenvalue weighted by Gasteiger charge is 2.30. The topological polar surface area (TPSA) is 41.5 Å². The van der Waals surface area contributed by atoms with Crippen LogP contribution in [-0.4, -0.2) is 12.1 Å². The first-order valence-electron chi connectivity index (χ1n) is 6.43. The molecule has 114 valence electrons. The molecule has 1 amide bonds. The van der Waals surface area contributed by atoms with E-state index < -0.39 is 17.6 Å². The first-order chi connectivity index (χ1) is 10.4. The number of carbonyl (C=O) groups excluding carboxylic acids is 1. The minimum atomic E-state index is -4.48. The molecule has 0 unspecified atom stereocenters. The molecule has 0 radical (unpaired) electrons. The van der Waals surface area contributed by atoms with E-state index in [-0.39, 0.29) is 5.56 Å². The maximum absolute atomic E-state index is 12.6. The second kappa shape index (κ2) is 6.43. The zero-order valence-corrected chi connectivity index (χ0v) is 11.7. The first kappa shape index (κ1) is 15.8. The van der Waals surface area contributed by atoms with E-state index in [0.717, 1.165) is 23.3 Å². The lowest BCUT2D eigenvalue weighted by atomic mass is 10.1. The normalized spacial score (nSPS) is 11.6. The van der Waals surface area contributed by atoms with E-state index in [0.29, 0.717) is 0 Å². The predicted octanol–water partition coefficient (Wildman–Crippen LogP) is 3.78. The van der Waals surface area contributed by atoms with Crippen molar-refractivity contribution in [2.45, 2.75) is 13.1 Å². The molecule has 1 N–H and O–H groups in total. The maximum atomic E-state index is 12.6. The van der Waals surface area contributed by atoms with Gasteiger partial charge in [-0.3, -0.25) is 4.79 Å². The molecule has 0 spiro atoms. The molecule has 0 aliphatic carbocycles. The molecule has 2 rings (SSSR count). The number of aryl methyl sites for hydroxylation is 1. The summed E-state index contributed by atoms with van der Waals surface area (Å²) in [4.78, 5) is 11.8. The van der Waals surface area contributed by atoms with Crippen molar-refractivity contribution in [1.29, 1.82) is 0 Å². The number of halogens is 3. The number of rotatable bonds is 3. The van der Waals surface area contributed by atoms with Gasteiger partial charge >= 0.3 is 6.18 Å². The van der Waals surface area contributed by atoms with Crippen LogP contribution in [0.5, 0.6) is 0 Å². The highest BCUT2D eigenvalue weighted by Crippen LogP contribution is 2.29. The Morgan fingerprint density at radius 1 is 1.14 bits per heavy atom. The molecule has 2 aromatic carbocycles. The number of hydrogen-bond acceptors (Lipinski definition) is 2. The van der Waals surface area contributed by atoms with Crippen LogP contribution in [0.15, 0.2) is 53.6 Å². The van der Waals surface area contributed by atoms with Crippen molar-refractivity contribution in [2.24, 2.45) is 5.10 Å². The molecule has 0 aliphatic heterocycles. The van der Waals surface area contributed by atoms with Gasteiger partial charge in [-0.2, -0.15) is 18.3 Å². The van der Waals surface area contributed by atoms with Gasteiger partial charge in [-0.05, 0) is 30.7 Å². The van der Waals surface area contributed by atoms with Gasteiger partial charge in [-0.1, -0.05) is 35.9 Å². The maximum Gasteiger partial charge on any atom is 0.416 e. The molecule has 2 aromatic rings. The Balaban J connectivity index is 2.05. The lowest BCUT2D eigenvalue weighted by Crippen LogP contribution is -2.18. The third-order valence-electron chi connectivity index (χ3n) is 2.91. The fraction of sp³-hybridized carbons (Fsp3) is 0.125. The van der Waals surface area contributed by atoms with Crippen molar-refractivity contribution < 1.29 is 18.0 Å². The van der Waals surface area contributed by atoms with Gasteiger partial charge in [0.05, 0.1) is 11.8 Å². The lowest BCUT2D eigenvalue weighted by Gasteiger charge is -2.07. The zero-order chi connectivity index (χ0) is 16.2. The molecule has 0 aromatic heterocycles. The summed E-state index contributed by atoms with van der Waals surface area (Å²) >= 11 is 0. The van der Waals surface area contributed by atoms with E-state index in [4.69, 9.17) is 0 Å². The van der Waals surface area contributed by atoms with E-state index in [9.17, 15) is 18.0 Å². The van der Waals surface area contributed by atoms with Gasteiger partial charge in [0.15, 0.2) is 0 Å². The van der Waals surface area contributed by atoms with Gasteiger partial charge in [0.2, 0.25) is 0 Å². The summed E-state index contributed by atoms with van der Waals surface area (Å²) in [7, 11) is 0. The van der Waals surface area contributed by atoms with Crippen LogP contribution < -0.4 is 5.43 Å². The number of benzene rings is 2. The summed E-state index contributed by atoms with van der Waals surface area (Å²) in [5, 5.41) is 3.73. The van der Waals surface area contributed by atoms with Gasteiger partial charge in [-0.25, -0.2) is 5.43 Å². The van der Waals surface area contributed by atoms with Crippen LogP contribution in [0.1, 0.15) is 27.0 Å². The standard InChI is InChI=1S/C16H13F3N2O/c1-11-5-7-12(8-6-11)10-20-21-15(22)13-3-2-4-14(9-13)16(17,18)19/h2-10H,1H3,(H,21,22)/b20-10-. The number of hydrogen-bond donors (Lipinski definition) is 1. The summed E-state index contributed by atoms with van der Waals surface area (Å²) in [5.74, 6) is -0.700. The second-order valence-electron chi connectivity index (χ2n) is 4.69. The lowest BCUT2D eigenvalue weighted by molar-refractivity contribution is -0.137. The number of hydrazone groups is 1. The summed E-state index contributed by atoms with van der Waals surface area (Å²) in [5.41, 5.74) is 3.09. The third kappa shape index (κ3) is 4.18. The molecular formula is C16H13F3N2O. The van der Waals surface area contributed by atoms with Crippen molar-refractivity contribution in [3.8, 4) is 0 Å². The Morgan fingerprint density at radius 3 is 2.45 bits per heavy atom. The molecular weight excluding hydrogens is 293 g/mol. The Kier molecular flexibility index (Phi) is 4.60. The third-order valence-corrected chi connectivity index (χ3v) is 2.91. The van der Waals surface area contributed by atoms with Crippen LogP contribution in [0.4, 0.5) is 13.2 Å². The molecule has 0 fully saturated rings. The largest absolute Gasteiger partial charge is 0.416 e. The molecule has 0 aliphatic rings. The zero-order valence-electron chi connectivity index (χ0n) is 11.7. The predicted molar refractivity (Wildman–Crippen MR) is 77.7 cm³/mol. The monoisotopic (exact) mass is 306 g/mol. The van der Waals surface area contributed by atoms with Crippen LogP contribution in [-0.2, 0) is 6.18 Å². The summed E-state index contributed by atoms with van der Waals surface area (Å²) in [6, 6.07) is 11.6. The van der Waals surface area contributed by atoms with Crippen LogP contribution in [0.3, 0.4) is 0 Å². The fourth-order valence-electron chi connectivity index (χ4n) is 1.72. The van der Waals surface area contributed by atoms with E-state index in [2.05, 4.69) is 10.5 Å². The Morgan fingerprint density at radius 2 is 1.82 bits per heavy atom. The van der Waals surface area contributed by atoms with Crippen LogP contribution in [0.2, 0.25) is 0 Å². The number of nitrogens with one attached hydrogen (secondary N) is 1. The Labute approximate surface area is 125 Å². The van der Waals surface area contributed by atoms with Crippen molar-refractivity contribution in [3.63, 3.8) is 0 Å². The van der Waals surface area contributed by atoms with Gasteiger partial charge in [-0.15, -0.1) is 0 Å². The smallest absolute Gasteiger partial charge is 0.267 e. The average molecular weight is 306 g/mol. The number of amides is 1. The average Bonchev–Trinajstić information content (AvgIpc) is 2.48. The molecule has 0 bridgehead atoms. The summed E-state index contributed by atoms with van der Waals surface area (Å²) in [6.45, 7) is 1.94. The second-order valence-corrected chi connectivity index (χ2v) is 4.69. The molecule has 0 saturated carbocycles. The minimum absolute atomic E-state index is 0.101.